The summed E-state index contributed by atoms with van der Waals surface area (Å²) < 4.78 is 44.7. The number of aromatic nitrogens is 2. The summed E-state index contributed by atoms with van der Waals surface area (Å²) in [5, 5.41) is 17.3. The van der Waals surface area contributed by atoms with E-state index >= 15 is 0 Å². The first kappa shape index (κ1) is 22.0. The minimum atomic E-state index is -4.58. The minimum Gasteiger partial charge on any atom is -0.538 e. The summed E-state index contributed by atoms with van der Waals surface area (Å²) in [4.78, 5) is 12.5. The Balaban J connectivity index is 1.79. The van der Waals surface area contributed by atoms with Gasteiger partial charge in [-0.2, -0.15) is 13.2 Å². The monoisotopic (exact) mass is 457 g/mol. The third kappa shape index (κ3) is 4.88. The van der Waals surface area contributed by atoms with Crippen LogP contribution >= 0.6 is 23.4 Å². The Hall–Kier alpha value is -2.72. The van der Waals surface area contributed by atoms with Gasteiger partial charge in [0, 0.05) is 12.1 Å². The average molecular weight is 458 g/mol. The van der Waals surface area contributed by atoms with E-state index in [2.05, 4.69) is 10.6 Å². The topological polar surface area (TPSA) is 82.1 Å². The molecule has 0 bridgehead atoms. The van der Waals surface area contributed by atoms with Crippen molar-refractivity contribution in [2.24, 2.45) is 0 Å². The second-order valence-corrected chi connectivity index (χ2v) is 8.09. The maximum Gasteiger partial charge on any atom is 0.416 e. The van der Waals surface area contributed by atoms with Crippen LogP contribution in [-0.4, -0.2) is 16.4 Å². The Labute approximate surface area is 178 Å². The molecule has 0 saturated heterocycles. The van der Waals surface area contributed by atoms with Gasteiger partial charge in [0.25, 0.3) is 5.03 Å². The van der Waals surface area contributed by atoms with Crippen molar-refractivity contribution in [2.45, 2.75) is 30.3 Å². The van der Waals surface area contributed by atoms with Crippen LogP contribution in [0.2, 0.25) is 5.02 Å². The number of carbonyl (C=O) groups is 1. The van der Waals surface area contributed by atoms with Gasteiger partial charge in [-0.15, -0.1) is 0 Å². The number of halogens is 4. The molecule has 0 aliphatic carbocycles. The first-order valence-corrected chi connectivity index (χ1v) is 9.82. The van der Waals surface area contributed by atoms with Crippen LogP contribution in [0.4, 0.5) is 18.9 Å². The quantitative estimate of drug-likeness (QED) is 0.460. The predicted octanol–water partition coefficient (Wildman–Crippen LogP) is 4.12. The number of rotatable bonds is 5. The molecule has 0 radical (unpaired) electrons. The fourth-order valence-electron chi connectivity index (χ4n) is 2.44. The molecule has 1 amide bonds. The number of hydrogen-bond acceptors (Lipinski definition) is 5. The lowest BCUT2D eigenvalue weighted by molar-refractivity contribution is -0.705. The number of alkyl halides is 3. The van der Waals surface area contributed by atoms with E-state index in [9.17, 15) is 23.1 Å². The SMILES string of the molecule is Cc1ccc(-[n+]2noc([O-])c2SC(C)C(=O)Nc2cc(C(F)(F)F)ccc2Cl)cc1. The van der Waals surface area contributed by atoms with Gasteiger partial charge in [-0.05, 0) is 48.5 Å². The van der Waals surface area contributed by atoms with E-state index in [0.29, 0.717) is 5.69 Å². The second kappa shape index (κ2) is 8.57. The molecule has 6 nitrogen and oxygen atoms in total. The molecule has 1 N–H and O–H groups in total. The molecular weight excluding hydrogens is 443 g/mol. The van der Waals surface area contributed by atoms with Gasteiger partial charge in [-0.1, -0.05) is 29.3 Å². The van der Waals surface area contributed by atoms with E-state index in [1.54, 1.807) is 12.1 Å². The van der Waals surface area contributed by atoms with Crippen LogP contribution in [0.5, 0.6) is 5.95 Å². The van der Waals surface area contributed by atoms with E-state index in [-0.39, 0.29) is 15.7 Å². The average Bonchev–Trinajstić information content (AvgIpc) is 3.03. The Kier molecular flexibility index (Phi) is 6.27. The third-order valence-electron chi connectivity index (χ3n) is 4.06. The summed E-state index contributed by atoms with van der Waals surface area (Å²) in [5.74, 6) is -1.38. The van der Waals surface area contributed by atoms with Gasteiger partial charge < -0.3 is 14.9 Å². The molecule has 11 heteroatoms. The number of nitrogens with one attached hydrogen (secondary N) is 1. The molecule has 0 saturated carbocycles. The highest BCUT2D eigenvalue weighted by Crippen LogP contribution is 2.34. The summed E-state index contributed by atoms with van der Waals surface area (Å²) >= 11 is 6.78. The smallest absolute Gasteiger partial charge is 0.416 e. The Morgan fingerprint density at radius 3 is 2.57 bits per heavy atom. The van der Waals surface area contributed by atoms with E-state index in [4.69, 9.17) is 16.1 Å². The largest absolute Gasteiger partial charge is 0.538 e. The maximum absolute atomic E-state index is 12.9. The highest BCUT2D eigenvalue weighted by atomic mass is 35.5. The van der Waals surface area contributed by atoms with Crippen LogP contribution < -0.4 is 15.1 Å². The number of benzene rings is 2. The van der Waals surface area contributed by atoms with Gasteiger partial charge >= 0.3 is 6.18 Å². The molecule has 1 atom stereocenters. The normalized spacial score (nSPS) is 12.6. The van der Waals surface area contributed by atoms with Crippen molar-refractivity contribution in [3.05, 3.63) is 58.6 Å². The second-order valence-electron chi connectivity index (χ2n) is 6.35. The molecule has 1 heterocycles. The van der Waals surface area contributed by atoms with Crippen LogP contribution in [0.1, 0.15) is 18.1 Å². The number of thioether (sulfide) groups is 1. The molecule has 30 heavy (non-hydrogen) atoms. The highest BCUT2D eigenvalue weighted by molar-refractivity contribution is 8.00. The third-order valence-corrected chi connectivity index (χ3v) is 5.52. The van der Waals surface area contributed by atoms with E-state index in [1.165, 1.54) is 11.6 Å². The summed E-state index contributed by atoms with van der Waals surface area (Å²) in [5.41, 5.74) is 0.441. The lowest BCUT2D eigenvalue weighted by Crippen LogP contribution is -2.36. The predicted molar refractivity (Wildman–Crippen MR) is 103 cm³/mol. The Morgan fingerprint density at radius 2 is 1.93 bits per heavy atom. The van der Waals surface area contributed by atoms with Crippen molar-refractivity contribution in [3.63, 3.8) is 0 Å². The molecule has 0 spiro atoms. The Bertz CT molecular complexity index is 1070. The summed E-state index contributed by atoms with van der Waals surface area (Å²) in [6.45, 7) is 3.39. The molecule has 0 fully saturated rings. The number of amides is 1. The van der Waals surface area contributed by atoms with Crippen molar-refractivity contribution in [1.82, 2.24) is 5.27 Å². The lowest BCUT2D eigenvalue weighted by atomic mass is 10.2. The lowest BCUT2D eigenvalue weighted by Gasteiger charge is -2.14. The van der Waals surface area contributed by atoms with Crippen molar-refractivity contribution in [1.29, 1.82) is 0 Å². The van der Waals surface area contributed by atoms with Crippen molar-refractivity contribution in [3.8, 4) is 11.6 Å². The standard InChI is InChI=1S/C19H15ClF3N3O3S/c1-10-3-6-13(7-4-10)26-17(18(28)29-25-26)30-11(2)16(27)24-15-9-12(19(21,22)23)5-8-14(15)20/h3-9,11H,1-2H3,(H-,24,25,27,28). The molecule has 0 aliphatic rings. The van der Waals surface area contributed by atoms with Crippen molar-refractivity contribution >= 4 is 35.0 Å². The number of aryl methyl sites for hydroxylation is 1. The number of carbonyl (C=O) groups excluding carboxylic acids is 1. The maximum atomic E-state index is 12.9. The van der Waals surface area contributed by atoms with E-state index in [1.807, 2.05) is 19.1 Å². The zero-order valence-corrected chi connectivity index (χ0v) is 17.2. The molecule has 158 valence electrons. The van der Waals surface area contributed by atoms with Crippen molar-refractivity contribution < 1.29 is 32.3 Å². The van der Waals surface area contributed by atoms with Crippen LogP contribution in [0.15, 0.2) is 52.0 Å². The fourth-order valence-corrected chi connectivity index (χ4v) is 3.48. The van der Waals surface area contributed by atoms with Crippen molar-refractivity contribution in [2.75, 3.05) is 5.32 Å². The first-order chi connectivity index (χ1) is 14.1. The van der Waals surface area contributed by atoms with Crippen LogP contribution in [0, 0.1) is 6.92 Å². The molecule has 1 unspecified atom stereocenters. The number of hydrogen-bond donors (Lipinski definition) is 1. The molecular formula is C19H15ClF3N3O3S. The number of anilines is 1. The summed E-state index contributed by atoms with van der Waals surface area (Å²) in [6.07, 6.45) is -4.58. The molecule has 3 aromatic rings. The zero-order valence-electron chi connectivity index (χ0n) is 15.7. The van der Waals surface area contributed by atoms with Gasteiger partial charge in [-0.25, -0.2) is 0 Å². The Morgan fingerprint density at radius 1 is 1.27 bits per heavy atom. The number of nitrogens with zero attached hydrogens (tertiary/aromatic N) is 2. The fraction of sp³-hybridized carbons (Fsp3) is 0.211. The minimum absolute atomic E-state index is 0.0437. The summed E-state index contributed by atoms with van der Waals surface area (Å²) in [6, 6.07) is 9.73. The van der Waals surface area contributed by atoms with Crippen LogP contribution in [0.3, 0.4) is 0 Å². The van der Waals surface area contributed by atoms with E-state index in [0.717, 1.165) is 35.5 Å². The first-order valence-electron chi connectivity index (χ1n) is 8.56. The summed E-state index contributed by atoms with van der Waals surface area (Å²) in [7, 11) is 0. The van der Waals surface area contributed by atoms with Gasteiger partial charge in [-0.3, -0.25) is 4.79 Å². The van der Waals surface area contributed by atoms with Crippen LogP contribution in [0.25, 0.3) is 5.69 Å². The van der Waals surface area contributed by atoms with Gasteiger partial charge in [0.1, 0.15) is 0 Å². The molecule has 2 aromatic carbocycles. The molecule has 3 rings (SSSR count). The molecule has 1 aromatic heterocycles. The van der Waals surface area contributed by atoms with Gasteiger partial charge in [0.05, 0.1) is 26.8 Å². The highest BCUT2D eigenvalue weighted by Gasteiger charge is 2.32. The van der Waals surface area contributed by atoms with Crippen LogP contribution in [-0.2, 0) is 11.0 Å². The van der Waals surface area contributed by atoms with Gasteiger partial charge in [0.2, 0.25) is 11.6 Å². The van der Waals surface area contributed by atoms with Gasteiger partial charge in [0.15, 0.2) is 5.95 Å². The van der Waals surface area contributed by atoms with E-state index < -0.39 is 28.8 Å². The molecule has 0 aliphatic heterocycles. The zero-order chi connectivity index (χ0) is 22.1.